The number of carbonyl (C=O) groups excluding carboxylic acids is 1. The van der Waals surface area contributed by atoms with Crippen LogP contribution < -0.4 is 10.6 Å². The van der Waals surface area contributed by atoms with Crippen LogP contribution in [0, 0.1) is 10.8 Å². The van der Waals surface area contributed by atoms with Crippen LogP contribution in [0.25, 0.3) is 0 Å². The van der Waals surface area contributed by atoms with E-state index in [1.54, 1.807) is 0 Å². The fraction of sp³-hybridized carbons (Fsp3) is 0.923. The average Bonchev–Trinajstić information content (AvgIpc) is 2.25. The summed E-state index contributed by atoms with van der Waals surface area (Å²) in [5.41, 5.74) is -0.236. The predicted octanol–water partition coefficient (Wildman–Crippen LogP) is 1.16. The summed E-state index contributed by atoms with van der Waals surface area (Å²) in [6, 6.07) is 0.452. The van der Waals surface area contributed by atoms with Crippen LogP contribution in [0.1, 0.15) is 34.1 Å². The molecule has 4 heteroatoms. The summed E-state index contributed by atoms with van der Waals surface area (Å²) < 4.78 is 4.82. The van der Waals surface area contributed by atoms with Crippen molar-refractivity contribution in [1.29, 1.82) is 0 Å². The largest absolute Gasteiger partial charge is 0.469 e. The second-order valence-electron chi connectivity index (χ2n) is 6.26. The van der Waals surface area contributed by atoms with E-state index in [4.69, 9.17) is 4.74 Å². The van der Waals surface area contributed by atoms with Crippen molar-refractivity contribution < 1.29 is 9.53 Å². The third kappa shape index (κ3) is 3.68. The molecule has 0 aromatic heterocycles. The van der Waals surface area contributed by atoms with E-state index >= 15 is 0 Å². The van der Waals surface area contributed by atoms with Gasteiger partial charge in [-0.25, -0.2) is 0 Å². The average molecular weight is 242 g/mol. The summed E-state index contributed by atoms with van der Waals surface area (Å²) in [7, 11) is 1.44. The number of methoxy groups -OCH3 is 1. The van der Waals surface area contributed by atoms with E-state index in [1.807, 2.05) is 13.8 Å². The Balaban J connectivity index is 2.52. The van der Waals surface area contributed by atoms with Crippen molar-refractivity contribution in [1.82, 2.24) is 10.6 Å². The first-order chi connectivity index (χ1) is 7.79. The van der Waals surface area contributed by atoms with Gasteiger partial charge in [0.15, 0.2) is 0 Å². The molecule has 1 unspecified atom stereocenters. The Hall–Kier alpha value is -0.610. The van der Waals surface area contributed by atoms with Crippen LogP contribution in [0.15, 0.2) is 0 Å². The third-order valence-corrected chi connectivity index (χ3v) is 3.66. The maximum atomic E-state index is 11.6. The summed E-state index contributed by atoms with van der Waals surface area (Å²) in [6.07, 6.45) is 1.10. The van der Waals surface area contributed by atoms with Crippen LogP contribution in [0.4, 0.5) is 0 Å². The van der Waals surface area contributed by atoms with E-state index in [-0.39, 0.29) is 11.4 Å². The molecule has 1 saturated heterocycles. The summed E-state index contributed by atoms with van der Waals surface area (Å²) in [5.74, 6) is -0.156. The van der Waals surface area contributed by atoms with Gasteiger partial charge in [-0.05, 0) is 32.2 Å². The minimum Gasteiger partial charge on any atom is -0.469 e. The summed E-state index contributed by atoms with van der Waals surface area (Å²) in [4.78, 5) is 11.6. The monoisotopic (exact) mass is 242 g/mol. The van der Waals surface area contributed by atoms with E-state index in [2.05, 4.69) is 24.5 Å². The number of rotatable bonds is 4. The van der Waals surface area contributed by atoms with Crippen LogP contribution in [-0.2, 0) is 9.53 Å². The number of ether oxygens (including phenoxy) is 1. The number of hydrogen-bond acceptors (Lipinski definition) is 4. The lowest BCUT2D eigenvalue weighted by atomic mass is 9.79. The molecule has 1 aliphatic heterocycles. The third-order valence-electron chi connectivity index (χ3n) is 3.66. The van der Waals surface area contributed by atoms with Crippen molar-refractivity contribution in [2.24, 2.45) is 10.8 Å². The molecule has 1 heterocycles. The Morgan fingerprint density at radius 3 is 2.71 bits per heavy atom. The highest BCUT2D eigenvalue weighted by Gasteiger charge is 2.35. The Labute approximate surface area is 104 Å². The van der Waals surface area contributed by atoms with Gasteiger partial charge in [0.25, 0.3) is 0 Å². The topological polar surface area (TPSA) is 50.4 Å². The summed E-state index contributed by atoms with van der Waals surface area (Å²) in [5, 5.41) is 6.93. The number of nitrogens with one attached hydrogen (secondary N) is 2. The summed E-state index contributed by atoms with van der Waals surface area (Å²) >= 11 is 0. The minimum absolute atomic E-state index is 0.156. The van der Waals surface area contributed by atoms with Gasteiger partial charge >= 0.3 is 5.97 Å². The van der Waals surface area contributed by atoms with Crippen molar-refractivity contribution in [3.8, 4) is 0 Å². The lowest BCUT2D eigenvalue weighted by Crippen LogP contribution is -2.55. The molecule has 1 aliphatic rings. The molecule has 1 fully saturated rings. The molecule has 0 radical (unpaired) electrons. The van der Waals surface area contributed by atoms with Gasteiger partial charge in [-0.1, -0.05) is 13.8 Å². The molecule has 0 aromatic carbocycles. The standard InChI is InChI=1S/C13H26N2O2/c1-12(2)8-14-7-6-10(12)15-9-13(3,4)11(16)17-5/h10,14-15H,6-9H2,1-5H3. The highest BCUT2D eigenvalue weighted by Crippen LogP contribution is 2.26. The Bertz CT molecular complexity index is 275. The fourth-order valence-electron chi connectivity index (χ4n) is 2.28. The molecule has 2 N–H and O–H groups in total. The van der Waals surface area contributed by atoms with E-state index in [0.717, 1.165) is 19.5 Å². The SMILES string of the molecule is COC(=O)C(C)(C)CNC1CCNCC1(C)C. The molecule has 1 atom stereocenters. The molecule has 100 valence electrons. The Morgan fingerprint density at radius 1 is 1.53 bits per heavy atom. The first-order valence-electron chi connectivity index (χ1n) is 6.32. The zero-order valence-electron chi connectivity index (χ0n) is 11.7. The maximum absolute atomic E-state index is 11.6. The lowest BCUT2D eigenvalue weighted by Gasteiger charge is -2.41. The van der Waals surface area contributed by atoms with Crippen molar-refractivity contribution >= 4 is 5.97 Å². The molecule has 4 nitrogen and oxygen atoms in total. The van der Waals surface area contributed by atoms with E-state index in [9.17, 15) is 4.79 Å². The van der Waals surface area contributed by atoms with Gasteiger partial charge in [0.1, 0.15) is 0 Å². The minimum atomic E-state index is -0.463. The normalized spacial score (nSPS) is 24.4. The quantitative estimate of drug-likeness (QED) is 0.727. The molecular formula is C13H26N2O2. The van der Waals surface area contributed by atoms with Gasteiger partial charge in [0, 0.05) is 19.1 Å². The van der Waals surface area contributed by atoms with E-state index in [1.165, 1.54) is 7.11 Å². The predicted molar refractivity (Wildman–Crippen MR) is 68.9 cm³/mol. The van der Waals surface area contributed by atoms with Gasteiger partial charge in [-0.2, -0.15) is 0 Å². The first kappa shape index (κ1) is 14.5. The number of piperidine rings is 1. The fourth-order valence-corrected chi connectivity index (χ4v) is 2.28. The van der Waals surface area contributed by atoms with Crippen molar-refractivity contribution in [3.05, 3.63) is 0 Å². The van der Waals surface area contributed by atoms with Gasteiger partial charge in [-0.15, -0.1) is 0 Å². The van der Waals surface area contributed by atoms with Crippen molar-refractivity contribution in [2.45, 2.75) is 40.2 Å². The number of esters is 1. The zero-order chi connectivity index (χ0) is 13.1. The molecule has 0 spiro atoms. The van der Waals surface area contributed by atoms with Gasteiger partial charge in [0.2, 0.25) is 0 Å². The first-order valence-corrected chi connectivity index (χ1v) is 6.32. The molecular weight excluding hydrogens is 216 g/mol. The van der Waals surface area contributed by atoms with E-state index < -0.39 is 5.41 Å². The number of hydrogen-bond donors (Lipinski definition) is 2. The second-order valence-corrected chi connectivity index (χ2v) is 6.26. The summed E-state index contributed by atoms with van der Waals surface area (Å²) in [6.45, 7) is 11.1. The van der Waals surface area contributed by atoms with Crippen molar-refractivity contribution in [2.75, 3.05) is 26.7 Å². The highest BCUT2D eigenvalue weighted by molar-refractivity contribution is 5.76. The van der Waals surface area contributed by atoms with Gasteiger partial charge in [-0.3, -0.25) is 4.79 Å². The van der Waals surface area contributed by atoms with Crippen LogP contribution in [-0.4, -0.2) is 38.8 Å². The maximum Gasteiger partial charge on any atom is 0.312 e. The van der Waals surface area contributed by atoms with Crippen LogP contribution in [0.5, 0.6) is 0 Å². The molecule has 17 heavy (non-hydrogen) atoms. The molecule has 1 rings (SSSR count). The smallest absolute Gasteiger partial charge is 0.312 e. The Kier molecular flexibility index (Phi) is 4.55. The molecule has 0 saturated carbocycles. The highest BCUT2D eigenvalue weighted by atomic mass is 16.5. The van der Waals surface area contributed by atoms with Crippen LogP contribution >= 0.6 is 0 Å². The molecule has 0 aromatic rings. The second kappa shape index (κ2) is 5.36. The van der Waals surface area contributed by atoms with Crippen molar-refractivity contribution in [3.63, 3.8) is 0 Å². The molecule has 0 amide bonds. The van der Waals surface area contributed by atoms with Crippen LogP contribution in [0.3, 0.4) is 0 Å². The van der Waals surface area contributed by atoms with E-state index in [0.29, 0.717) is 12.6 Å². The zero-order valence-corrected chi connectivity index (χ0v) is 11.7. The molecule has 0 bridgehead atoms. The van der Waals surface area contributed by atoms with Gasteiger partial charge in [0.05, 0.1) is 12.5 Å². The lowest BCUT2D eigenvalue weighted by molar-refractivity contribution is -0.150. The number of carbonyl (C=O) groups is 1. The van der Waals surface area contributed by atoms with Gasteiger partial charge < -0.3 is 15.4 Å². The Morgan fingerprint density at radius 2 is 2.18 bits per heavy atom. The molecule has 0 aliphatic carbocycles. The van der Waals surface area contributed by atoms with Crippen LogP contribution in [0.2, 0.25) is 0 Å².